The molecule has 164 valence electrons. The number of rotatable bonds is 5. The molecule has 1 amide bonds. The molecular weight excluding hydrogens is 440 g/mol. The standard InChI is InChI=1S/C24H19ClN6O2/c1-33-19-10-6-16(7-11-19)21-13-20(15-4-8-18(25)9-5-15)27-24-29-23(30-31(21)24)28-22(32)17-3-2-12-26-14-17/h2-14,21H,1H3,(H2,27,28,29,30,32). The molecule has 1 aliphatic rings. The lowest BCUT2D eigenvalue weighted by Gasteiger charge is -2.24. The van der Waals surface area contributed by atoms with Gasteiger partial charge in [-0.15, -0.1) is 5.10 Å². The second-order valence-electron chi connectivity index (χ2n) is 7.33. The minimum absolute atomic E-state index is 0.190. The normalized spacial score (nSPS) is 14.6. The van der Waals surface area contributed by atoms with Crippen molar-refractivity contribution in [2.45, 2.75) is 6.04 Å². The number of ether oxygens (including phenoxy) is 1. The molecule has 0 saturated carbocycles. The number of halogens is 1. The van der Waals surface area contributed by atoms with E-state index in [2.05, 4.69) is 31.8 Å². The Hall–Kier alpha value is -4.17. The molecule has 0 saturated heterocycles. The highest BCUT2D eigenvalue weighted by Gasteiger charge is 2.26. The Labute approximate surface area is 194 Å². The van der Waals surface area contributed by atoms with Gasteiger partial charge in [-0.1, -0.05) is 35.9 Å². The largest absolute Gasteiger partial charge is 0.497 e. The summed E-state index contributed by atoms with van der Waals surface area (Å²) in [5, 5.41) is 11.3. The fraction of sp³-hybridized carbons (Fsp3) is 0.0833. The van der Waals surface area contributed by atoms with Gasteiger partial charge in [0.05, 0.1) is 12.7 Å². The number of methoxy groups -OCH3 is 1. The summed E-state index contributed by atoms with van der Waals surface area (Å²) in [5.74, 6) is 1.12. The van der Waals surface area contributed by atoms with Gasteiger partial charge in [0.15, 0.2) is 0 Å². The number of hydrogen-bond donors (Lipinski definition) is 2. The molecule has 33 heavy (non-hydrogen) atoms. The van der Waals surface area contributed by atoms with Gasteiger partial charge < -0.3 is 10.1 Å². The first-order valence-electron chi connectivity index (χ1n) is 10.2. The minimum Gasteiger partial charge on any atom is -0.497 e. The molecule has 4 aromatic rings. The van der Waals surface area contributed by atoms with E-state index in [9.17, 15) is 4.79 Å². The lowest BCUT2D eigenvalue weighted by atomic mass is 10.0. The Morgan fingerprint density at radius 3 is 2.61 bits per heavy atom. The molecule has 0 aliphatic carbocycles. The number of pyridine rings is 1. The van der Waals surface area contributed by atoms with Gasteiger partial charge in [0.1, 0.15) is 11.8 Å². The predicted octanol–water partition coefficient (Wildman–Crippen LogP) is 4.64. The van der Waals surface area contributed by atoms with Gasteiger partial charge in [-0.25, -0.2) is 4.68 Å². The molecule has 1 aliphatic heterocycles. The van der Waals surface area contributed by atoms with E-state index >= 15 is 0 Å². The van der Waals surface area contributed by atoms with Crippen molar-refractivity contribution in [3.63, 3.8) is 0 Å². The predicted molar refractivity (Wildman–Crippen MR) is 126 cm³/mol. The van der Waals surface area contributed by atoms with Gasteiger partial charge in [-0.05, 0) is 53.6 Å². The number of nitrogens with one attached hydrogen (secondary N) is 2. The maximum atomic E-state index is 12.6. The lowest BCUT2D eigenvalue weighted by Crippen LogP contribution is -2.20. The van der Waals surface area contributed by atoms with Crippen molar-refractivity contribution in [3.8, 4) is 5.75 Å². The van der Waals surface area contributed by atoms with Gasteiger partial charge in [-0.3, -0.25) is 15.1 Å². The van der Waals surface area contributed by atoms with Crippen molar-refractivity contribution in [1.82, 2.24) is 19.7 Å². The van der Waals surface area contributed by atoms with E-state index in [1.54, 1.807) is 30.1 Å². The molecule has 0 fully saturated rings. The van der Waals surface area contributed by atoms with Crippen LogP contribution >= 0.6 is 11.6 Å². The van der Waals surface area contributed by atoms with E-state index in [-0.39, 0.29) is 17.9 Å². The highest BCUT2D eigenvalue weighted by molar-refractivity contribution is 6.30. The molecule has 2 aromatic carbocycles. The number of amides is 1. The zero-order valence-corrected chi connectivity index (χ0v) is 18.3. The van der Waals surface area contributed by atoms with Gasteiger partial charge in [0.25, 0.3) is 11.9 Å². The first kappa shape index (κ1) is 20.7. The smallest absolute Gasteiger partial charge is 0.259 e. The summed E-state index contributed by atoms with van der Waals surface area (Å²) in [4.78, 5) is 21.1. The Balaban J connectivity index is 1.51. The maximum absolute atomic E-state index is 12.6. The third-order valence-electron chi connectivity index (χ3n) is 5.23. The molecule has 3 heterocycles. The van der Waals surface area contributed by atoms with Crippen LogP contribution in [0.5, 0.6) is 5.75 Å². The van der Waals surface area contributed by atoms with Crippen LogP contribution in [-0.2, 0) is 0 Å². The molecule has 8 nitrogen and oxygen atoms in total. The third-order valence-corrected chi connectivity index (χ3v) is 5.48. The van der Waals surface area contributed by atoms with Crippen LogP contribution in [0.15, 0.2) is 79.1 Å². The Morgan fingerprint density at radius 1 is 1.12 bits per heavy atom. The summed E-state index contributed by atoms with van der Waals surface area (Å²) in [7, 11) is 1.63. The van der Waals surface area contributed by atoms with Crippen LogP contribution in [0.4, 0.5) is 11.9 Å². The highest BCUT2D eigenvalue weighted by atomic mass is 35.5. The van der Waals surface area contributed by atoms with Crippen LogP contribution in [0.3, 0.4) is 0 Å². The number of anilines is 2. The summed E-state index contributed by atoms with van der Waals surface area (Å²) in [6.07, 6.45) is 5.15. The second-order valence-corrected chi connectivity index (χ2v) is 7.77. The molecule has 1 atom stereocenters. The van der Waals surface area contributed by atoms with Gasteiger partial charge in [-0.2, -0.15) is 4.98 Å². The number of nitrogens with zero attached hydrogens (tertiary/aromatic N) is 4. The quantitative estimate of drug-likeness (QED) is 0.452. The summed E-state index contributed by atoms with van der Waals surface area (Å²) in [6.45, 7) is 0. The molecule has 0 bridgehead atoms. The molecule has 0 spiro atoms. The average Bonchev–Trinajstić information content (AvgIpc) is 3.27. The van der Waals surface area contributed by atoms with Crippen LogP contribution in [0.1, 0.15) is 27.5 Å². The first-order chi connectivity index (χ1) is 16.1. The second kappa shape index (κ2) is 8.76. The van der Waals surface area contributed by atoms with Gasteiger partial charge in [0.2, 0.25) is 5.95 Å². The number of carbonyl (C=O) groups is 1. The SMILES string of the molecule is COc1ccc(C2C=C(c3ccc(Cl)cc3)Nc3nc(NC(=O)c4cccnc4)nn32)cc1. The summed E-state index contributed by atoms with van der Waals surface area (Å²) in [5.41, 5.74) is 3.22. The topological polar surface area (TPSA) is 94.0 Å². The van der Waals surface area contributed by atoms with Crippen molar-refractivity contribution in [2.24, 2.45) is 0 Å². The number of hydrogen-bond acceptors (Lipinski definition) is 6. The van der Waals surface area contributed by atoms with E-state index in [0.717, 1.165) is 22.6 Å². The molecule has 1 unspecified atom stereocenters. The summed E-state index contributed by atoms with van der Waals surface area (Å²) < 4.78 is 7.03. The van der Waals surface area contributed by atoms with Crippen LogP contribution in [0, 0.1) is 0 Å². The first-order valence-corrected chi connectivity index (χ1v) is 10.5. The molecule has 2 aromatic heterocycles. The summed E-state index contributed by atoms with van der Waals surface area (Å²) in [6, 6.07) is 18.4. The van der Waals surface area contributed by atoms with E-state index in [0.29, 0.717) is 16.5 Å². The van der Waals surface area contributed by atoms with Crippen molar-refractivity contribution < 1.29 is 9.53 Å². The zero-order chi connectivity index (χ0) is 22.8. The van der Waals surface area contributed by atoms with Crippen molar-refractivity contribution in [1.29, 1.82) is 0 Å². The van der Waals surface area contributed by atoms with Gasteiger partial charge in [0, 0.05) is 23.1 Å². The number of carbonyl (C=O) groups excluding carboxylic acids is 1. The number of benzene rings is 2. The van der Waals surface area contributed by atoms with Crippen LogP contribution in [0.25, 0.3) is 5.70 Å². The van der Waals surface area contributed by atoms with Crippen molar-refractivity contribution in [2.75, 3.05) is 17.7 Å². The molecule has 0 radical (unpaired) electrons. The summed E-state index contributed by atoms with van der Waals surface area (Å²) >= 11 is 6.06. The van der Waals surface area contributed by atoms with E-state index in [4.69, 9.17) is 16.3 Å². The van der Waals surface area contributed by atoms with Crippen LogP contribution < -0.4 is 15.4 Å². The van der Waals surface area contributed by atoms with E-state index in [1.165, 1.54) is 6.20 Å². The average molecular weight is 459 g/mol. The molecule has 9 heteroatoms. The fourth-order valence-electron chi connectivity index (χ4n) is 3.55. The van der Waals surface area contributed by atoms with E-state index < -0.39 is 0 Å². The number of aromatic nitrogens is 4. The third kappa shape index (κ3) is 4.28. The number of fused-ring (bicyclic) bond motifs is 1. The monoisotopic (exact) mass is 458 g/mol. The fourth-order valence-corrected chi connectivity index (χ4v) is 3.68. The number of allylic oxidation sites excluding steroid dienone is 1. The van der Waals surface area contributed by atoms with Crippen molar-refractivity contribution >= 4 is 35.1 Å². The zero-order valence-electron chi connectivity index (χ0n) is 17.6. The molecule has 2 N–H and O–H groups in total. The van der Waals surface area contributed by atoms with Gasteiger partial charge >= 0.3 is 0 Å². The Kier molecular flexibility index (Phi) is 5.50. The van der Waals surface area contributed by atoms with Crippen LogP contribution in [-0.4, -0.2) is 32.8 Å². The minimum atomic E-state index is -0.335. The maximum Gasteiger partial charge on any atom is 0.259 e. The Morgan fingerprint density at radius 2 is 1.91 bits per heavy atom. The van der Waals surface area contributed by atoms with Crippen LogP contribution in [0.2, 0.25) is 5.02 Å². The molecular formula is C24H19ClN6O2. The van der Waals surface area contributed by atoms with Crippen molar-refractivity contribution in [3.05, 3.63) is 101 Å². The van der Waals surface area contributed by atoms with E-state index in [1.807, 2.05) is 48.5 Å². The highest BCUT2D eigenvalue weighted by Crippen LogP contribution is 2.34. The Bertz CT molecular complexity index is 1320. The lowest BCUT2D eigenvalue weighted by molar-refractivity contribution is 0.102. The molecule has 5 rings (SSSR count).